The summed E-state index contributed by atoms with van der Waals surface area (Å²) in [6, 6.07) is 22.3. The Kier molecular flexibility index (Phi) is 3.44. The van der Waals surface area contributed by atoms with Crippen LogP contribution in [0.25, 0.3) is 22.4 Å². The lowest BCUT2D eigenvalue weighted by atomic mass is 9.99. The van der Waals surface area contributed by atoms with Crippen molar-refractivity contribution in [1.29, 1.82) is 5.26 Å². The van der Waals surface area contributed by atoms with E-state index in [4.69, 9.17) is 0 Å². The second-order valence-electron chi connectivity index (χ2n) is 4.56. The molecule has 0 N–H and O–H groups in total. The molecule has 0 aliphatic rings. The molecule has 0 aliphatic carbocycles. The van der Waals surface area contributed by atoms with Crippen LogP contribution in [0.4, 0.5) is 4.39 Å². The van der Waals surface area contributed by atoms with Crippen LogP contribution in [-0.4, -0.2) is 4.98 Å². The van der Waals surface area contributed by atoms with E-state index in [1.165, 1.54) is 0 Å². The van der Waals surface area contributed by atoms with E-state index in [1.807, 2.05) is 66.7 Å². The van der Waals surface area contributed by atoms with Crippen LogP contribution in [-0.2, 0) is 0 Å². The van der Waals surface area contributed by atoms with E-state index < -0.39 is 5.95 Å². The Bertz CT molecular complexity index is 806. The number of halogens is 1. The van der Waals surface area contributed by atoms with Gasteiger partial charge in [0.2, 0.25) is 5.95 Å². The van der Waals surface area contributed by atoms with Gasteiger partial charge in [-0.3, -0.25) is 0 Å². The average Bonchev–Trinajstić information content (AvgIpc) is 2.55. The first kappa shape index (κ1) is 13.0. The maximum Gasteiger partial charge on any atom is 0.232 e. The number of pyridine rings is 1. The first-order chi connectivity index (χ1) is 10.3. The molecule has 0 aliphatic heterocycles. The molecule has 2 aromatic carbocycles. The second kappa shape index (κ2) is 5.56. The fraction of sp³-hybridized carbons (Fsp3) is 0. The maximum atomic E-state index is 14.1. The predicted molar refractivity (Wildman–Crippen MR) is 79.8 cm³/mol. The molecular weight excluding hydrogens is 263 g/mol. The van der Waals surface area contributed by atoms with E-state index in [0.29, 0.717) is 11.3 Å². The number of hydrogen-bond acceptors (Lipinski definition) is 2. The minimum absolute atomic E-state index is 0.0270. The van der Waals surface area contributed by atoms with Crippen molar-refractivity contribution in [1.82, 2.24) is 4.98 Å². The third kappa shape index (κ3) is 2.52. The third-order valence-electron chi connectivity index (χ3n) is 3.24. The first-order valence-electron chi connectivity index (χ1n) is 6.51. The molecule has 0 spiro atoms. The molecule has 3 aromatic rings. The van der Waals surface area contributed by atoms with Crippen LogP contribution in [0.3, 0.4) is 0 Å². The smallest absolute Gasteiger partial charge is 0.219 e. The van der Waals surface area contributed by atoms with E-state index in [9.17, 15) is 9.65 Å². The van der Waals surface area contributed by atoms with Gasteiger partial charge in [0.1, 0.15) is 11.6 Å². The van der Waals surface area contributed by atoms with Crippen molar-refractivity contribution in [2.75, 3.05) is 0 Å². The number of nitriles is 1. The Morgan fingerprint density at radius 1 is 0.857 bits per heavy atom. The van der Waals surface area contributed by atoms with Crippen LogP contribution in [0.2, 0.25) is 0 Å². The van der Waals surface area contributed by atoms with Gasteiger partial charge >= 0.3 is 0 Å². The van der Waals surface area contributed by atoms with Gasteiger partial charge < -0.3 is 0 Å². The molecule has 100 valence electrons. The van der Waals surface area contributed by atoms with Crippen LogP contribution in [0.15, 0.2) is 66.7 Å². The molecule has 0 saturated carbocycles. The highest BCUT2D eigenvalue weighted by atomic mass is 19.1. The van der Waals surface area contributed by atoms with Gasteiger partial charge in [-0.25, -0.2) is 4.98 Å². The molecule has 0 radical (unpaired) electrons. The molecule has 0 bridgehead atoms. The summed E-state index contributed by atoms with van der Waals surface area (Å²) in [5, 5.41) is 9.19. The highest BCUT2D eigenvalue weighted by Gasteiger charge is 2.14. The minimum atomic E-state index is -0.738. The van der Waals surface area contributed by atoms with Crippen molar-refractivity contribution in [2.24, 2.45) is 0 Å². The molecule has 0 unspecified atom stereocenters. The molecule has 0 fully saturated rings. The normalized spacial score (nSPS) is 10.1. The van der Waals surface area contributed by atoms with E-state index in [-0.39, 0.29) is 5.56 Å². The van der Waals surface area contributed by atoms with Gasteiger partial charge in [0, 0.05) is 11.1 Å². The van der Waals surface area contributed by atoms with Crippen LogP contribution >= 0.6 is 0 Å². The van der Waals surface area contributed by atoms with Crippen molar-refractivity contribution in [3.05, 3.63) is 78.2 Å². The molecule has 3 rings (SSSR count). The monoisotopic (exact) mass is 274 g/mol. The topological polar surface area (TPSA) is 36.7 Å². The molecule has 3 heteroatoms. The van der Waals surface area contributed by atoms with Crippen LogP contribution in [0.5, 0.6) is 0 Å². The van der Waals surface area contributed by atoms with Gasteiger partial charge in [-0.1, -0.05) is 60.7 Å². The number of hydrogen-bond donors (Lipinski definition) is 0. The Hall–Kier alpha value is -2.99. The maximum absolute atomic E-state index is 14.1. The van der Waals surface area contributed by atoms with E-state index >= 15 is 0 Å². The van der Waals surface area contributed by atoms with Crippen molar-refractivity contribution < 1.29 is 4.39 Å². The highest BCUT2D eigenvalue weighted by Crippen LogP contribution is 2.29. The lowest BCUT2D eigenvalue weighted by Crippen LogP contribution is -1.96. The number of rotatable bonds is 2. The van der Waals surface area contributed by atoms with Gasteiger partial charge in [-0.05, 0) is 11.6 Å². The summed E-state index contributed by atoms with van der Waals surface area (Å²) >= 11 is 0. The summed E-state index contributed by atoms with van der Waals surface area (Å²) in [4.78, 5) is 3.91. The zero-order valence-electron chi connectivity index (χ0n) is 11.1. The van der Waals surface area contributed by atoms with Crippen LogP contribution in [0, 0.1) is 17.3 Å². The largest absolute Gasteiger partial charge is 0.232 e. The Morgan fingerprint density at radius 2 is 1.43 bits per heavy atom. The molecule has 1 aromatic heterocycles. The average molecular weight is 274 g/mol. The van der Waals surface area contributed by atoms with E-state index in [2.05, 4.69) is 4.98 Å². The lowest BCUT2D eigenvalue weighted by Gasteiger charge is -2.08. The summed E-state index contributed by atoms with van der Waals surface area (Å²) in [5.74, 6) is -0.738. The van der Waals surface area contributed by atoms with Crippen molar-refractivity contribution >= 4 is 0 Å². The first-order valence-corrected chi connectivity index (χ1v) is 6.51. The predicted octanol–water partition coefficient (Wildman–Crippen LogP) is 4.43. The van der Waals surface area contributed by atoms with Crippen LogP contribution < -0.4 is 0 Å². The number of nitrogens with zero attached hydrogens (tertiary/aromatic N) is 2. The second-order valence-corrected chi connectivity index (χ2v) is 4.56. The fourth-order valence-corrected chi connectivity index (χ4v) is 2.22. The third-order valence-corrected chi connectivity index (χ3v) is 3.24. The Balaban J connectivity index is 2.24. The molecule has 2 nitrogen and oxygen atoms in total. The van der Waals surface area contributed by atoms with Crippen molar-refractivity contribution in [3.8, 4) is 28.5 Å². The Morgan fingerprint density at radius 3 is 2.00 bits per heavy atom. The summed E-state index contributed by atoms with van der Waals surface area (Å²) in [7, 11) is 0. The van der Waals surface area contributed by atoms with E-state index in [0.717, 1.165) is 11.1 Å². The van der Waals surface area contributed by atoms with Crippen molar-refractivity contribution in [3.63, 3.8) is 0 Å². The minimum Gasteiger partial charge on any atom is -0.219 e. The summed E-state index contributed by atoms with van der Waals surface area (Å²) < 4.78 is 14.1. The number of benzene rings is 2. The SMILES string of the molecule is N#Cc1c(-c2ccccc2)cc(-c2ccccc2)nc1F. The zero-order chi connectivity index (χ0) is 14.7. The molecular formula is C18H11FN2. The van der Waals surface area contributed by atoms with Gasteiger partial charge in [-0.15, -0.1) is 0 Å². The molecule has 0 amide bonds. The van der Waals surface area contributed by atoms with Gasteiger partial charge in [-0.2, -0.15) is 9.65 Å². The standard InChI is InChI=1S/C18H11FN2/c19-18-16(12-20)15(13-7-3-1-4-8-13)11-17(21-18)14-9-5-2-6-10-14/h1-11H. The molecule has 0 atom stereocenters. The van der Waals surface area contributed by atoms with Crippen molar-refractivity contribution in [2.45, 2.75) is 0 Å². The highest BCUT2D eigenvalue weighted by molar-refractivity contribution is 5.75. The summed E-state index contributed by atoms with van der Waals surface area (Å²) in [6.07, 6.45) is 0. The van der Waals surface area contributed by atoms with E-state index in [1.54, 1.807) is 6.07 Å². The Labute approximate surface area is 122 Å². The summed E-state index contributed by atoms with van der Waals surface area (Å²) in [5.41, 5.74) is 2.67. The molecule has 21 heavy (non-hydrogen) atoms. The summed E-state index contributed by atoms with van der Waals surface area (Å²) in [6.45, 7) is 0. The van der Waals surface area contributed by atoms with Gasteiger partial charge in [0.05, 0.1) is 5.69 Å². The molecule has 0 saturated heterocycles. The number of aromatic nitrogens is 1. The van der Waals surface area contributed by atoms with Gasteiger partial charge in [0.25, 0.3) is 0 Å². The van der Waals surface area contributed by atoms with Gasteiger partial charge in [0.15, 0.2) is 0 Å². The molecule has 1 heterocycles. The zero-order valence-corrected chi connectivity index (χ0v) is 11.1. The van der Waals surface area contributed by atoms with Crippen LogP contribution in [0.1, 0.15) is 5.56 Å². The quantitative estimate of drug-likeness (QED) is 0.648. The fourth-order valence-electron chi connectivity index (χ4n) is 2.22. The lowest BCUT2D eigenvalue weighted by molar-refractivity contribution is 0.582.